The van der Waals surface area contributed by atoms with E-state index in [2.05, 4.69) is 10.6 Å². The van der Waals surface area contributed by atoms with E-state index in [9.17, 15) is 23.5 Å². The first-order chi connectivity index (χ1) is 19.6. The van der Waals surface area contributed by atoms with Crippen LogP contribution in [0.5, 0.6) is 0 Å². The molecular formula is C33H41F2N3O3. The molecule has 0 aliphatic rings. The highest BCUT2D eigenvalue weighted by Gasteiger charge is 2.24. The van der Waals surface area contributed by atoms with E-state index in [1.807, 2.05) is 52.0 Å². The summed E-state index contributed by atoms with van der Waals surface area (Å²) in [6.07, 6.45) is 0.587. The van der Waals surface area contributed by atoms with Crippen LogP contribution in [0.1, 0.15) is 69.7 Å². The summed E-state index contributed by atoms with van der Waals surface area (Å²) in [6.45, 7) is 9.71. The van der Waals surface area contributed by atoms with Crippen molar-refractivity contribution in [2.45, 2.75) is 65.6 Å². The molecule has 41 heavy (non-hydrogen) atoms. The summed E-state index contributed by atoms with van der Waals surface area (Å²) < 4.78 is 27.9. The zero-order valence-corrected chi connectivity index (χ0v) is 24.3. The lowest BCUT2D eigenvalue weighted by Gasteiger charge is -2.25. The average molecular weight is 566 g/mol. The number of hydrogen-bond donors (Lipinski definition) is 3. The van der Waals surface area contributed by atoms with Gasteiger partial charge in [0.1, 0.15) is 11.6 Å². The highest BCUT2D eigenvalue weighted by atomic mass is 19.1. The van der Waals surface area contributed by atoms with E-state index >= 15 is 0 Å². The number of nitrogens with zero attached hydrogens (tertiary/aromatic N) is 1. The molecule has 3 rings (SSSR count). The minimum atomic E-state index is -1.06. The van der Waals surface area contributed by atoms with Crippen LogP contribution in [0.3, 0.4) is 0 Å². The smallest absolute Gasteiger partial charge is 0.253 e. The van der Waals surface area contributed by atoms with Gasteiger partial charge in [-0.25, -0.2) is 8.78 Å². The minimum absolute atomic E-state index is 0.00604. The molecule has 0 aromatic heterocycles. The first kappa shape index (κ1) is 31.9. The second-order valence-corrected chi connectivity index (χ2v) is 10.6. The fraction of sp³-hybridized carbons (Fsp3) is 0.394. The van der Waals surface area contributed by atoms with Gasteiger partial charge in [-0.1, -0.05) is 43.7 Å². The van der Waals surface area contributed by atoms with E-state index < -0.39 is 29.7 Å². The Hall–Kier alpha value is -3.62. The zero-order chi connectivity index (χ0) is 29.9. The van der Waals surface area contributed by atoms with E-state index in [-0.39, 0.29) is 24.4 Å². The van der Waals surface area contributed by atoms with Gasteiger partial charge in [-0.3, -0.25) is 9.59 Å². The largest absolute Gasteiger partial charge is 0.390 e. The summed E-state index contributed by atoms with van der Waals surface area (Å²) in [5, 5.41) is 17.2. The van der Waals surface area contributed by atoms with Crippen LogP contribution in [-0.4, -0.2) is 53.6 Å². The third-order valence-corrected chi connectivity index (χ3v) is 6.78. The Morgan fingerprint density at radius 2 is 1.51 bits per heavy atom. The van der Waals surface area contributed by atoms with Crippen LogP contribution < -0.4 is 10.6 Å². The van der Waals surface area contributed by atoms with Crippen LogP contribution in [-0.2, 0) is 13.0 Å². The molecule has 2 unspecified atom stereocenters. The topological polar surface area (TPSA) is 81.7 Å². The number of carbonyl (C=O) groups is 2. The van der Waals surface area contributed by atoms with E-state index in [4.69, 9.17) is 0 Å². The van der Waals surface area contributed by atoms with Gasteiger partial charge in [0.25, 0.3) is 11.8 Å². The van der Waals surface area contributed by atoms with Crippen molar-refractivity contribution in [2.24, 2.45) is 0 Å². The Morgan fingerprint density at radius 1 is 0.854 bits per heavy atom. The average Bonchev–Trinajstić information content (AvgIpc) is 2.91. The van der Waals surface area contributed by atoms with Gasteiger partial charge >= 0.3 is 0 Å². The van der Waals surface area contributed by atoms with E-state index in [1.165, 1.54) is 12.1 Å². The standard InChI is InChI=1S/C33H41F2N3O3/c1-5-10-38(11-6-2)33(41)27-14-23(4)13-26(18-27)32(40)37-30(17-25-15-28(34)19-29(35)16-25)31(39)21-36-20-24-9-7-8-22(3)12-24/h7-9,12-16,18-19,30-31,36,39H,5-6,10-11,17,20-21H2,1-4H3,(H,37,40). The van der Waals surface area contributed by atoms with Gasteiger partial charge in [-0.15, -0.1) is 0 Å². The van der Waals surface area contributed by atoms with Crippen molar-refractivity contribution in [2.75, 3.05) is 19.6 Å². The van der Waals surface area contributed by atoms with Gasteiger partial charge in [0, 0.05) is 43.4 Å². The van der Waals surface area contributed by atoms with Gasteiger partial charge < -0.3 is 20.6 Å². The lowest BCUT2D eigenvalue weighted by atomic mass is 9.99. The Bertz CT molecular complexity index is 1300. The number of rotatable bonds is 14. The second kappa shape index (κ2) is 15.4. The molecule has 0 saturated heterocycles. The van der Waals surface area contributed by atoms with Crippen molar-refractivity contribution < 1.29 is 23.5 Å². The summed E-state index contributed by atoms with van der Waals surface area (Å²) >= 11 is 0. The van der Waals surface area contributed by atoms with Crippen LogP contribution >= 0.6 is 0 Å². The Kier molecular flexibility index (Phi) is 12.0. The molecule has 2 amide bonds. The highest BCUT2D eigenvalue weighted by molar-refractivity contribution is 6.00. The van der Waals surface area contributed by atoms with E-state index in [0.717, 1.165) is 35.6 Å². The molecule has 0 aliphatic heterocycles. The van der Waals surface area contributed by atoms with Crippen LogP contribution in [0, 0.1) is 25.5 Å². The monoisotopic (exact) mass is 565 g/mol. The maximum absolute atomic E-state index is 13.9. The third kappa shape index (κ3) is 9.76. The van der Waals surface area contributed by atoms with Crippen molar-refractivity contribution >= 4 is 11.8 Å². The van der Waals surface area contributed by atoms with E-state index in [0.29, 0.717) is 30.8 Å². The lowest BCUT2D eigenvalue weighted by molar-refractivity contribution is 0.0755. The van der Waals surface area contributed by atoms with Gasteiger partial charge in [0.05, 0.1) is 12.1 Å². The number of benzene rings is 3. The summed E-state index contributed by atoms with van der Waals surface area (Å²) in [5.41, 5.74) is 3.91. The maximum atomic E-state index is 13.9. The number of aryl methyl sites for hydroxylation is 2. The Labute approximate surface area is 241 Å². The quantitative estimate of drug-likeness (QED) is 0.247. The lowest BCUT2D eigenvalue weighted by Crippen LogP contribution is -2.48. The molecule has 3 aromatic carbocycles. The van der Waals surface area contributed by atoms with Gasteiger partial charge in [-0.2, -0.15) is 0 Å². The molecule has 0 radical (unpaired) electrons. The normalized spacial score (nSPS) is 12.6. The Balaban J connectivity index is 1.81. The summed E-state index contributed by atoms with van der Waals surface area (Å²) in [6, 6.07) is 15.3. The molecular weight excluding hydrogens is 524 g/mol. The molecule has 6 nitrogen and oxygen atoms in total. The van der Waals surface area contributed by atoms with Crippen LogP contribution in [0.4, 0.5) is 8.78 Å². The molecule has 0 saturated carbocycles. The molecule has 220 valence electrons. The summed E-state index contributed by atoms with van der Waals surface area (Å²) in [4.78, 5) is 28.4. The predicted octanol–water partition coefficient (Wildman–Crippen LogP) is 5.34. The first-order valence-corrected chi connectivity index (χ1v) is 14.2. The molecule has 0 bridgehead atoms. The first-order valence-electron chi connectivity index (χ1n) is 14.2. The van der Waals surface area contributed by atoms with Crippen molar-refractivity contribution in [3.63, 3.8) is 0 Å². The molecule has 2 atom stereocenters. The summed E-state index contributed by atoms with van der Waals surface area (Å²) in [5.74, 6) is -2.09. The molecule has 0 fully saturated rings. The fourth-order valence-corrected chi connectivity index (χ4v) is 4.92. The van der Waals surface area contributed by atoms with Crippen molar-refractivity contribution in [1.29, 1.82) is 0 Å². The number of aliphatic hydroxyl groups is 1. The minimum Gasteiger partial charge on any atom is -0.390 e. The number of nitrogens with one attached hydrogen (secondary N) is 2. The van der Waals surface area contributed by atoms with Crippen LogP contribution in [0.15, 0.2) is 60.7 Å². The van der Waals surface area contributed by atoms with E-state index in [1.54, 1.807) is 23.1 Å². The van der Waals surface area contributed by atoms with Gasteiger partial charge in [0.2, 0.25) is 0 Å². The Morgan fingerprint density at radius 3 is 2.15 bits per heavy atom. The SMILES string of the molecule is CCCN(CCC)C(=O)c1cc(C)cc(C(=O)NC(Cc2cc(F)cc(F)c2)C(O)CNCc2cccc(C)c2)c1. The van der Waals surface area contributed by atoms with Crippen molar-refractivity contribution in [3.8, 4) is 0 Å². The molecule has 0 aliphatic carbocycles. The maximum Gasteiger partial charge on any atom is 0.253 e. The number of amides is 2. The number of aliphatic hydroxyl groups excluding tert-OH is 1. The molecule has 3 N–H and O–H groups in total. The molecule has 0 spiro atoms. The van der Waals surface area contributed by atoms with Crippen molar-refractivity contribution in [3.05, 3.63) is 106 Å². The number of hydrogen-bond acceptors (Lipinski definition) is 4. The van der Waals surface area contributed by atoms with Gasteiger partial charge in [-0.05, 0) is 80.1 Å². The van der Waals surface area contributed by atoms with Crippen LogP contribution in [0.25, 0.3) is 0 Å². The molecule has 8 heteroatoms. The molecule has 3 aromatic rings. The third-order valence-electron chi connectivity index (χ3n) is 6.78. The summed E-state index contributed by atoms with van der Waals surface area (Å²) in [7, 11) is 0. The predicted molar refractivity (Wildman–Crippen MR) is 158 cm³/mol. The fourth-order valence-electron chi connectivity index (χ4n) is 4.92. The number of halogens is 2. The molecule has 0 heterocycles. The second-order valence-electron chi connectivity index (χ2n) is 10.6. The number of carbonyl (C=O) groups excluding carboxylic acids is 2. The van der Waals surface area contributed by atoms with Crippen molar-refractivity contribution in [1.82, 2.24) is 15.5 Å². The van der Waals surface area contributed by atoms with Gasteiger partial charge in [0.15, 0.2) is 0 Å². The van der Waals surface area contributed by atoms with Crippen LogP contribution in [0.2, 0.25) is 0 Å². The zero-order valence-electron chi connectivity index (χ0n) is 24.3. The highest BCUT2D eigenvalue weighted by Crippen LogP contribution is 2.16.